The molecule has 0 spiro atoms. The van der Waals surface area contributed by atoms with Crippen molar-refractivity contribution in [1.29, 1.82) is 0 Å². The summed E-state index contributed by atoms with van der Waals surface area (Å²) in [6, 6.07) is 15.5. The largest absolute Gasteiger partial charge is 0.330 e. The number of hydrogen-bond acceptors (Lipinski definition) is 1. The van der Waals surface area contributed by atoms with E-state index in [0.29, 0.717) is 11.3 Å². The Kier molecular flexibility index (Phi) is 4.99. The fourth-order valence-electron chi connectivity index (χ4n) is 3.04. The van der Waals surface area contributed by atoms with E-state index in [9.17, 15) is 4.39 Å². The van der Waals surface area contributed by atoms with Gasteiger partial charge in [-0.1, -0.05) is 69.7 Å². The van der Waals surface area contributed by atoms with Crippen LogP contribution in [0.25, 0.3) is 11.3 Å². The van der Waals surface area contributed by atoms with Gasteiger partial charge in [-0.25, -0.2) is 9.37 Å². The van der Waals surface area contributed by atoms with E-state index in [4.69, 9.17) is 4.98 Å². The van der Waals surface area contributed by atoms with E-state index >= 15 is 0 Å². The van der Waals surface area contributed by atoms with E-state index in [1.165, 1.54) is 11.6 Å². The Hall–Kier alpha value is -2.42. The van der Waals surface area contributed by atoms with Gasteiger partial charge < -0.3 is 4.57 Å². The molecule has 0 amide bonds. The van der Waals surface area contributed by atoms with Gasteiger partial charge in [-0.2, -0.15) is 0 Å². The maximum Gasteiger partial charge on any atom is 0.132 e. The van der Waals surface area contributed by atoms with Crippen molar-refractivity contribution in [3.63, 3.8) is 0 Å². The van der Waals surface area contributed by atoms with Gasteiger partial charge in [0.2, 0.25) is 0 Å². The number of nitrogens with zero attached hydrogens (tertiary/aromatic N) is 2. The van der Waals surface area contributed by atoms with Crippen molar-refractivity contribution in [3.8, 4) is 11.3 Å². The minimum Gasteiger partial charge on any atom is -0.330 e. The number of halogens is 1. The zero-order valence-electron chi connectivity index (χ0n) is 16.3. The Morgan fingerprint density at radius 1 is 1.08 bits per heavy atom. The highest BCUT2D eigenvalue weighted by Crippen LogP contribution is 2.36. The summed E-state index contributed by atoms with van der Waals surface area (Å²) in [6.07, 6.45) is 1.99. The van der Waals surface area contributed by atoms with Crippen LogP contribution in [-0.4, -0.2) is 9.55 Å². The molecule has 26 heavy (non-hydrogen) atoms. The minimum atomic E-state index is -0.227. The zero-order chi connectivity index (χ0) is 18.9. The number of hydrogen-bond donors (Lipinski definition) is 0. The first-order valence-corrected chi connectivity index (χ1v) is 9.13. The Morgan fingerprint density at radius 3 is 2.42 bits per heavy atom. The van der Waals surface area contributed by atoms with Crippen LogP contribution in [0.15, 0.2) is 54.7 Å². The molecule has 3 heteroatoms. The number of rotatable bonds is 4. The summed E-state index contributed by atoms with van der Waals surface area (Å²) in [5.41, 5.74) is 3.59. The molecule has 0 saturated carbocycles. The van der Waals surface area contributed by atoms with Crippen LogP contribution in [-0.2, 0) is 6.54 Å². The highest BCUT2D eigenvalue weighted by molar-refractivity contribution is 5.60. The Morgan fingerprint density at radius 2 is 1.77 bits per heavy atom. The molecule has 1 aromatic heterocycles. The average molecular weight is 350 g/mol. The van der Waals surface area contributed by atoms with Crippen LogP contribution >= 0.6 is 0 Å². The summed E-state index contributed by atoms with van der Waals surface area (Å²) in [7, 11) is 0. The van der Waals surface area contributed by atoms with Crippen LogP contribution in [0.1, 0.15) is 50.6 Å². The minimum absolute atomic E-state index is 0.0716. The summed E-state index contributed by atoms with van der Waals surface area (Å²) in [4.78, 5) is 4.87. The van der Waals surface area contributed by atoms with Crippen molar-refractivity contribution < 1.29 is 4.39 Å². The van der Waals surface area contributed by atoms with Crippen molar-refractivity contribution in [2.24, 2.45) is 5.41 Å². The molecule has 0 unspecified atom stereocenters. The standard InChI is InChI=1S/C23H27FN2/c1-16-11-12-20(24)19(13-16)21-15-26(14-18-9-7-6-8-10-18)22(25-21)17(2)23(3,4)5/h6-13,15,17H,14H2,1-5H3/t17-/m0/s1. The number of aryl methyl sites for hydroxylation is 1. The second-order valence-corrected chi connectivity index (χ2v) is 8.17. The van der Waals surface area contributed by atoms with Gasteiger partial charge in [0.05, 0.1) is 5.69 Å². The van der Waals surface area contributed by atoms with Crippen LogP contribution in [0.5, 0.6) is 0 Å². The van der Waals surface area contributed by atoms with E-state index in [1.54, 1.807) is 6.07 Å². The fraction of sp³-hybridized carbons (Fsp3) is 0.348. The second kappa shape index (κ2) is 7.06. The third-order valence-electron chi connectivity index (χ3n) is 5.09. The Labute approximate surface area is 155 Å². The lowest BCUT2D eigenvalue weighted by Crippen LogP contribution is -2.20. The summed E-state index contributed by atoms with van der Waals surface area (Å²) in [6.45, 7) is 11.5. The maximum atomic E-state index is 14.4. The summed E-state index contributed by atoms with van der Waals surface area (Å²) >= 11 is 0. The lowest BCUT2D eigenvalue weighted by Gasteiger charge is -2.27. The van der Waals surface area contributed by atoms with E-state index < -0.39 is 0 Å². The number of benzene rings is 2. The van der Waals surface area contributed by atoms with E-state index in [-0.39, 0.29) is 17.2 Å². The molecule has 2 nitrogen and oxygen atoms in total. The average Bonchev–Trinajstić information content (AvgIpc) is 2.99. The first-order chi connectivity index (χ1) is 12.3. The van der Waals surface area contributed by atoms with Gasteiger partial charge in [-0.15, -0.1) is 0 Å². The van der Waals surface area contributed by atoms with Crippen molar-refractivity contribution >= 4 is 0 Å². The quantitative estimate of drug-likeness (QED) is 0.548. The van der Waals surface area contributed by atoms with Crippen LogP contribution < -0.4 is 0 Å². The van der Waals surface area contributed by atoms with Gasteiger partial charge >= 0.3 is 0 Å². The van der Waals surface area contributed by atoms with E-state index in [1.807, 2.05) is 37.4 Å². The van der Waals surface area contributed by atoms with Gasteiger partial charge in [0.1, 0.15) is 11.6 Å². The topological polar surface area (TPSA) is 17.8 Å². The lowest BCUT2D eigenvalue weighted by atomic mass is 9.81. The van der Waals surface area contributed by atoms with Gasteiger partial charge in [-0.05, 0) is 30.0 Å². The Bertz CT molecular complexity index is 888. The van der Waals surface area contributed by atoms with Gasteiger partial charge in [-0.3, -0.25) is 0 Å². The molecule has 0 aliphatic rings. The van der Waals surface area contributed by atoms with Crippen molar-refractivity contribution in [2.75, 3.05) is 0 Å². The van der Waals surface area contributed by atoms with E-state index in [2.05, 4.69) is 44.4 Å². The molecule has 0 saturated heterocycles. The maximum absolute atomic E-state index is 14.4. The fourth-order valence-corrected chi connectivity index (χ4v) is 3.04. The molecule has 2 aromatic carbocycles. The van der Waals surface area contributed by atoms with Crippen molar-refractivity contribution in [1.82, 2.24) is 9.55 Å². The Balaban J connectivity index is 2.09. The molecule has 0 aliphatic heterocycles. The molecule has 3 aromatic rings. The smallest absolute Gasteiger partial charge is 0.132 e. The van der Waals surface area contributed by atoms with Crippen molar-refractivity contribution in [3.05, 3.63) is 77.5 Å². The van der Waals surface area contributed by atoms with Gasteiger partial charge in [0, 0.05) is 24.2 Å². The zero-order valence-corrected chi connectivity index (χ0v) is 16.3. The predicted octanol–water partition coefficient (Wildman–Crippen LogP) is 6.20. The molecule has 1 heterocycles. The highest BCUT2D eigenvalue weighted by atomic mass is 19.1. The molecule has 0 radical (unpaired) electrons. The molecule has 0 fully saturated rings. The van der Waals surface area contributed by atoms with Crippen LogP contribution in [0.2, 0.25) is 0 Å². The molecule has 0 N–H and O–H groups in total. The molecule has 0 bridgehead atoms. The van der Waals surface area contributed by atoms with E-state index in [0.717, 1.165) is 17.9 Å². The highest BCUT2D eigenvalue weighted by Gasteiger charge is 2.27. The molecule has 136 valence electrons. The number of imidazole rings is 1. The molecule has 1 atom stereocenters. The summed E-state index contributed by atoms with van der Waals surface area (Å²) in [5, 5.41) is 0. The SMILES string of the molecule is Cc1ccc(F)c(-c2cn(Cc3ccccc3)c([C@H](C)C(C)(C)C)n2)c1. The predicted molar refractivity (Wildman–Crippen MR) is 106 cm³/mol. The number of aromatic nitrogens is 2. The first-order valence-electron chi connectivity index (χ1n) is 9.13. The van der Waals surface area contributed by atoms with Crippen LogP contribution in [0, 0.1) is 18.2 Å². The van der Waals surface area contributed by atoms with Gasteiger partial charge in [0.25, 0.3) is 0 Å². The normalized spacial score (nSPS) is 13.0. The summed E-state index contributed by atoms with van der Waals surface area (Å²) < 4.78 is 16.6. The van der Waals surface area contributed by atoms with Gasteiger partial charge in [0.15, 0.2) is 0 Å². The van der Waals surface area contributed by atoms with Crippen LogP contribution in [0.3, 0.4) is 0 Å². The molecule has 3 rings (SSSR count). The lowest BCUT2D eigenvalue weighted by molar-refractivity contribution is 0.321. The summed E-state index contributed by atoms with van der Waals surface area (Å²) in [5.74, 6) is 1.01. The van der Waals surface area contributed by atoms with Crippen LogP contribution in [0.4, 0.5) is 4.39 Å². The van der Waals surface area contributed by atoms with Crippen molar-refractivity contribution in [2.45, 2.75) is 47.1 Å². The molecular weight excluding hydrogens is 323 g/mol. The first kappa shape index (κ1) is 18.4. The molecule has 0 aliphatic carbocycles. The second-order valence-electron chi connectivity index (χ2n) is 8.17. The third-order valence-corrected chi connectivity index (χ3v) is 5.09. The third kappa shape index (κ3) is 3.87. The monoisotopic (exact) mass is 350 g/mol. The molecular formula is C23H27FN2.